The monoisotopic (exact) mass is 102 g/mol. The molecular weight excluding hydrogens is 102 g/mol. The molecule has 24 valence electrons. The van der Waals surface area contributed by atoms with Crippen molar-refractivity contribution in [2.45, 2.75) is 0 Å². The quantitative estimate of drug-likeness (QED) is 0.285. The van der Waals surface area contributed by atoms with E-state index >= 15 is 0 Å². The van der Waals surface area contributed by atoms with Crippen LogP contribution in [-0.4, -0.2) is 9.29 Å². The summed E-state index contributed by atoms with van der Waals surface area (Å²) in [5.74, 6) is 0. The molecule has 5 heteroatoms. The van der Waals surface area contributed by atoms with Crippen LogP contribution in [0.1, 0.15) is 0 Å². The van der Waals surface area contributed by atoms with Gasteiger partial charge in [-0.25, -0.2) is 0 Å². The van der Waals surface area contributed by atoms with Gasteiger partial charge in [0.15, 0.2) is 0 Å². The van der Waals surface area contributed by atoms with Crippen LogP contribution in [0.3, 0.4) is 0 Å². The summed E-state index contributed by atoms with van der Waals surface area (Å²) in [4.78, 5) is 0. The first kappa shape index (κ1) is 17.2. The fourth-order valence-electron chi connectivity index (χ4n) is 0. The van der Waals surface area contributed by atoms with Crippen LogP contribution in [0.5, 0.6) is 0 Å². The molecule has 0 saturated heterocycles. The Balaban J connectivity index is -0.0000000200. The van der Waals surface area contributed by atoms with Crippen molar-refractivity contribution in [3.63, 3.8) is 0 Å². The first-order chi connectivity index (χ1) is 1.41. The molecule has 0 aromatic rings. The van der Waals surface area contributed by atoms with Crippen molar-refractivity contribution >= 4 is 9.29 Å². The molecule has 0 rings (SSSR count). The Morgan fingerprint density at radius 1 is 1.20 bits per heavy atom. The Hall–Kier alpha value is 0.747. The van der Waals surface area contributed by atoms with Gasteiger partial charge in [0.1, 0.15) is 0 Å². The molecule has 2 nitrogen and oxygen atoms in total. The molecule has 0 unspecified atom stereocenters. The Kier molecular flexibility index (Phi) is 75.0. The molecule has 0 bridgehead atoms. The van der Waals surface area contributed by atoms with Crippen LogP contribution in [0.2, 0.25) is 0 Å². The zero-order valence-corrected chi connectivity index (χ0v) is 5.69. The van der Waals surface area contributed by atoms with E-state index in [4.69, 9.17) is 8.92 Å². The van der Waals surface area contributed by atoms with Crippen LogP contribution in [0.4, 0.5) is 0 Å². The molecule has 0 amide bonds. The second-order valence-electron chi connectivity index (χ2n) is 0.0833. The van der Waals surface area contributed by atoms with Crippen LogP contribution in [0, 0.1) is 0 Å². The molecule has 0 spiro atoms. The summed E-state index contributed by atoms with van der Waals surface area (Å²) in [5, 5.41) is 0. The summed E-state index contributed by atoms with van der Waals surface area (Å²) < 4.78 is 16.8. The standard InChI is InChI=1S/FH.Na.O2Si/c;;1-3-2/h1H;;/q;+1;/p-1. The third-order valence-corrected chi connectivity index (χ3v) is 0. The van der Waals surface area contributed by atoms with E-state index < -0.39 is 9.29 Å². The maximum Gasteiger partial charge on any atom is 1.00 e. The number of hydrogen-bond donors (Lipinski definition) is 0. The van der Waals surface area contributed by atoms with Crippen molar-refractivity contribution in [3.05, 3.63) is 0 Å². The van der Waals surface area contributed by atoms with E-state index in [0.29, 0.717) is 0 Å². The third-order valence-electron chi connectivity index (χ3n) is 0. The minimum atomic E-state index is -1.42. The molecule has 0 fully saturated rings. The van der Waals surface area contributed by atoms with Gasteiger partial charge in [-0.1, -0.05) is 0 Å². The molecule has 0 saturated carbocycles. The van der Waals surface area contributed by atoms with Gasteiger partial charge in [0.05, 0.1) is 0 Å². The smallest absolute Gasteiger partial charge is 1.00 e. The van der Waals surface area contributed by atoms with E-state index in [1.54, 1.807) is 0 Å². The number of rotatable bonds is 0. The summed E-state index contributed by atoms with van der Waals surface area (Å²) in [7, 11) is -1.42. The van der Waals surface area contributed by atoms with E-state index in [9.17, 15) is 0 Å². The molecule has 5 heavy (non-hydrogen) atoms. The molecule has 0 aliphatic rings. The van der Waals surface area contributed by atoms with Gasteiger partial charge in [-0.05, 0) is 0 Å². The minimum absolute atomic E-state index is 0. The largest absolute Gasteiger partial charge is 1.00 e. The predicted molar refractivity (Wildman–Crippen MR) is 7.13 cm³/mol. The van der Waals surface area contributed by atoms with Crippen molar-refractivity contribution in [2.24, 2.45) is 0 Å². The molecule has 0 aliphatic heterocycles. The van der Waals surface area contributed by atoms with Crippen molar-refractivity contribution < 1.29 is 43.2 Å². The third kappa shape index (κ3) is 64.2. The normalized spacial score (nSPS) is 1.60. The second kappa shape index (κ2) is 21.8. The number of hydrogen-bond acceptors (Lipinski definition) is 2. The van der Waals surface area contributed by atoms with Gasteiger partial charge in [0, 0.05) is 0 Å². The van der Waals surface area contributed by atoms with Crippen LogP contribution >= 0.6 is 0 Å². The van der Waals surface area contributed by atoms with Gasteiger partial charge < -0.3 is 4.70 Å². The van der Waals surface area contributed by atoms with E-state index in [0.717, 1.165) is 0 Å². The van der Waals surface area contributed by atoms with Crippen molar-refractivity contribution in [3.8, 4) is 0 Å². The average Bonchev–Trinajstić information content (AvgIpc) is 0.918. The summed E-state index contributed by atoms with van der Waals surface area (Å²) in [6.07, 6.45) is 0. The van der Waals surface area contributed by atoms with Crippen LogP contribution in [0.25, 0.3) is 0 Å². The minimum Gasteiger partial charge on any atom is -1.00 e. The first-order valence-corrected chi connectivity index (χ1v) is 1.22. The van der Waals surface area contributed by atoms with Crippen molar-refractivity contribution in [1.29, 1.82) is 0 Å². The summed E-state index contributed by atoms with van der Waals surface area (Å²) >= 11 is 0. The first-order valence-electron chi connectivity index (χ1n) is 0.408. The zero-order valence-electron chi connectivity index (χ0n) is 2.69. The molecular formula is FNaO2Si. The molecule has 0 heterocycles. The SMILES string of the molecule is O=[Si]=O.[F-].[Na+]. The molecule has 0 aliphatic carbocycles. The summed E-state index contributed by atoms with van der Waals surface area (Å²) in [6, 6.07) is 0. The molecule has 0 radical (unpaired) electrons. The van der Waals surface area contributed by atoms with Crippen LogP contribution < -0.4 is 34.3 Å². The van der Waals surface area contributed by atoms with Crippen LogP contribution in [-0.2, 0) is 8.92 Å². The van der Waals surface area contributed by atoms with E-state index in [1.807, 2.05) is 0 Å². The summed E-state index contributed by atoms with van der Waals surface area (Å²) in [6.45, 7) is 0. The van der Waals surface area contributed by atoms with Crippen molar-refractivity contribution in [2.75, 3.05) is 0 Å². The maximum atomic E-state index is 8.40. The van der Waals surface area contributed by atoms with Gasteiger partial charge in [-0.15, -0.1) is 0 Å². The fraction of sp³-hybridized carbons (Fsp3) is 0. The maximum absolute atomic E-state index is 8.40. The zero-order chi connectivity index (χ0) is 2.71. The molecule has 0 aromatic carbocycles. The van der Waals surface area contributed by atoms with E-state index in [-0.39, 0.29) is 34.3 Å². The topological polar surface area (TPSA) is 34.1 Å². The average molecular weight is 102 g/mol. The van der Waals surface area contributed by atoms with Gasteiger partial charge in [0.2, 0.25) is 0 Å². The van der Waals surface area contributed by atoms with Gasteiger partial charge in [0.25, 0.3) is 0 Å². The number of halogens is 1. The van der Waals surface area contributed by atoms with Crippen LogP contribution in [0.15, 0.2) is 0 Å². The van der Waals surface area contributed by atoms with Crippen molar-refractivity contribution in [1.82, 2.24) is 0 Å². The van der Waals surface area contributed by atoms with Gasteiger partial charge >= 0.3 is 38.8 Å². The molecule has 0 N–H and O–H groups in total. The Labute approximate surface area is 52.5 Å². The predicted octanol–water partition coefficient (Wildman–Crippen LogP) is -6.61. The van der Waals surface area contributed by atoms with E-state index in [1.165, 1.54) is 0 Å². The molecule has 0 atom stereocenters. The Morgan fingerprint density at radius 3 is 1.20 bits per heavy atom. The Morgan fingerprint density at radius 2 is 1.20 bits per heavy atom. The molecule has 0 aromatic heterocycles. The van der Waals surface area contributed by atoms with E-state index in [2.05, 4.69) is 0 Å². The second-order valence-corrected chi connectivity index (χ2v) is 0.250. The van der Waals surface area contributed by atoms with Gasteiger partial charge in [-0.3, -0.25) is 8.92 Å². The summed E-state index contributed by atoms with van der Waals surface area (Å²) in [5.41, 5.74) is 0. The Bertz CT molecular complexity index is 30.6. The fourth-order valence-corrected chi connectivity index (χ4v) is 0. The van der Waals surface area contributed by atoms with Gasteiger partial charge in [-0.2, -0.15) is 0 Å².